The molecular formula is C11H16N4O3. The van der Waals surface area contributed by atoms with Crippen LogP contribution in [-0.4, -0.2) is 46.1 Å². The van der Waals surface area contributed by atoms with Gasteiger partial charge in [-0.15, -0.1) is 0 Å². The fourth-order valence-corrected chi connectivity index (χ4v) is 1.82. The zero-order valence-corrected chi connectivity index (χ0v) is 9.85. The number of aromatic nitrogens is 2. The summed E-state index contributed by atoms with van der Waals surface area (Å²) in [6.45, 7) is 1.65. The number of imidazole rings is 1. The number of amides is 1. The van der Waals surface area contributed by atoms with Crippen molar-refractivity contribution in [2.24, 2.45) is 5.92 Å². The van der Waals surface area contributed by atoms with E-state index in [0.717, 1.165) is 13.1 Å². The first kappa shape index (κ1) is 12.6. The van der Waals surface area contributed by atoms with Gasteiger partial charge < -0.3 is 20.7 Å². The van der Waals surface area contributed by atoms with E-state index >= 15 is 0 Å². The third-order valence-corrected chi connectivity index (χ3v) is 2.95. The first-order valence-electron chi connectivity index (χ1n) is 5.85. The van der Waals surface area contributed by atoms with Gasteiger partial charge in [-0.2, -0.15) is 0 Å². The van der Waals surface area contributed by atoms with E-state index in [0.29, 0.717) is 18.0 Å². The molecule has 1 amide bonds. The van der Waals surface area contributed by atoms with Gasteiger partial charge in [-0.25, -0.2) is 9.78 Å². The molecule has 1 aliphatic heterocycles. The average molecular weight is 252 g/mol. The molecule has 0 aliphatic carbocycles. The summed E-state index contributed by atoms with van der Waals surface area (Å²) in [7, 11) is 0. The Balaban J connectivity index is 1.85. The van der Waals surface area contributed by atoms with Gasteiger partial charge in [0.25, 0.3) is 0 Å². The lowest BCUT2D eigenvalue weighted by Gasteiger charge is -2.26. The molecule has 1 aromatic rings. The van der Waals surface area contributed by atoms with Crippen LogP contribution in [0.4, 0.5) is 0 Å². The fraction of sp³-hybridized carbons (Fsp3) is 0.545. The molecule has 7 nitrogen and oxygen atoms in total. The molecular weight excluding hydrogens is 236 g/mol. The first-order valence-corrected chi connectivity index (χ1v) is 5.85. The normalized spacial score (nSPS) is 16.9. The number of rotatable bonds is 6. The average Bonchev–Trinajstić information content (AvgIpc) is 2.75. The number of carboxylic acid groups (broad SMARTS) is 1. The van der Waals surface area contributed by atoms with Crippen molar-refractivity contribution in [2.75, 3.05) is 13.1 Å². The molecule has 2 heterocycles. The van der Waals surface area contributed by atoms with E-state index < -0.39 is 12.0 Å². The predicted octanol–water partition coefficient (Wildman–Crippen LogP) is -0.869. The molecule has 18 heavy (non-hydrogen) atoms. The molecule has 1 unspecified atom stereocenters. The van der Waals surface area contributed by atoms with Gasteiger partial charge >= 0.3 is 5.97 Å². The van der Waals surface area contributed by atoms with Crippen LogP contribution in [-0.2, 0) is 16.0 Å². The number of hydrogen-bond donors (Lipinski definition) is 4. The van der Waals surface area contributed by atoms with E-state index in [1.807, 2.05) is 0 Å². The highest BCUT2D eigenvalue weighted by Crippen LogP contribution is 2.08. The molecule has 1 saturated heterocycles. The number of aliphatic carboxylic acids is 1. The number of carbonyl (C=O) groups is 2. The van der Waals surface area contributed by atoms with E-state index in [4.69, 9.17) is 5.11 Å². The quantitative estimate of drug-likeness (QED) is 0.526. The predicted molar refractivity (Wildman–Crippen MR) is 62.8 cm³/mol. The van der Waals surface area contributed by atoms with Crippen LogP contribution in [0, 0.1) is 5.92 Å². The van der Waals surface area contributed by atoms with Gasteiger partial charge in [-0.05, 0) is 19.0 Å². The highest BCUT2D eigenvalue weighted by Gasteiger charge is 2.24. The molecule has 1 aromatic heterocycles. The van der Waals surface area contributed by atoms with Gasteiger partial charge in [0, 0.05) is 24.7 Å². The zero-order chi connectivity index (χ0) is 13.0. The Morgan fingerprint density at radius 1 is 1.56 bits per heavy atom. The van der Waals surface area contributed by atoms with Crippen molar-refractivity contribution in [3.05, 3.63) is 18.2 Å². The second kappa shape index (κ2) is 5.63. The fourth-order valence-electron chi connectivity index (χ4n) is 1.82. The smallest absolute Gasteiger partial charge is 0.326 e. The highest BCUT2D eigenvalue weighted by molar-refractivity contribution is 5.83. The van der Waals surface area contributed by atoms with Crippen molar-refractivity contribution >= 4 is 11.9 Å². The van der Waals surface area contributed by atoms with Gasteiger partial charge in [0.2, 0.25) is 5.91 Å². The van der Waals surface area contributed by atoms with E-state index in [-0.39, 0.29) is 12.3 Å². The summed E-state index contributed by atoms with van der Waals surface area (Å²) in [5.74, 6) is -0.926. The first-order chi connectivity index (χ1) is 8.65. The van der Waals surface area contributed by atoms with Gasteiger partial charge in [-0.1, -0.05) is 0 Å². The van der Waals surface area contributed by atoms with Crippen molar-refractivity contribution in [1.29, 1.82) is 0 Å². The lowest BCUT2D eigenvalue weighted by atomic mass is 9.99. The van der Waals surface area contributed by atoms with Crippen LogP contribution in [0.15, 0.2) is 12.5 Å². The Bertz CT molecular complexity index is 414. The molecule has 0 saturated carbocycles. The highest BCUT2D eigenvalue weighted by atomic mass is 16.4. The summed E-state index contributed by atoms with van der Waals surface area (Å²) in [6.07, 6.45) is 3.62. The molecule has 7 heteroatoms. The summed E-state index contributed by atoms with van der Waals surface area (Å²) in [6, 6.07) is -0.911. The van der Waals surface area contributed by atoms with Gasteiger partial charge in [-0.3, -0.25) is 4.79 Å². The molecule has 4 N–H and O–H groups in total. The Hall–Kier alpha value is -1.89. The maximum absolute atomic E-state index is 11.7. The van der Waals surface area contributed by atoms with E-state index in [1.54, 1.807) is 6.20 Å². The monoisotopic (exact) mass is 252 g/mol. The van der Waals surface area contributed by atoms with Crippen LogP contribution < -0.4 is 10.6 Å². The number of nitrogens with one attached hydrogen (secondary N) is 3. The van der Waals surface area contributed by atoms with Crippen LogP contribution in [0.3, 0.4) is 0 Å². The van der Waals surface area contributed by atoms with Crippen molar-refractivity contribution in [2.45, 2.75) is 18.9 Å². The van der Waals surface area contributed by atoms with E-state index in [1.165, 1.54) is 6.33 Å². The largest absolute Gasteiger partial charge is 0.480 e. The Kier molecular flexibility index (Phi) is 3.93. The number of H-pyrrole nitrogens is 1. The summed E-state index contributed by atoms with van der Waals surface area (Å²) < 4.78 is 0. The number of aromatic amines is 1. The molecule has 1 aliphatic rings. The molecule has 2 rings (SSSR count). The van der Waals surface area contributed by atoms with Gasteiger partial charge in [0.1, 0.15) is 6.04 Å². The standard InChI is InChI=1S/C11H16N4O3/c16-10(1-7-3-12-4-7)15-9(11(17)18)2-8-5-13-6-14-8/h5-7,9,12H,1-4H2,(H,13,14)(H,15,16)(H,17,18). The minimum Gasteiger partial charge on any atom is -0.480 e. The second-order valence-corrected chi connectivity index (χ2v) is 4.47. The van der Waals surface area contributed by atoms with Crippen LogP contribution in [0.25, 0.3) is 0 Å². The summed E-state index contributed by atoms with van der Waals surface area (Å²) in [4.78, 5) is 29.4. The topological polar surface area (TPSA) is 107 Å². The minimum absolute atomic E-state index is 0.212. The van der Waals surface area contributed by atoms with Crippen molar-refractivity contribution in [1.82, 2.24) is 20.6 Å². The van der Waals surface area contributed by atoms with Crippen LogP contribution in [0.2, 0.25) is 0 Å². The second-order valence-electron chi connectivity index (χ2n) is 4.47. The number of carbonyl (C=O) groups excluding carboxylic acids is 1. The summed E-state index contributed by atoms with van der Waals surface area (Å²) >= 11 is 0. The molecule has 98 valence electrons. The van der Waals surface area contributed by atoms with Crippen LogP contribution in [0.5, 0.6) is 0 Å². The third kappa shape index (κ3) is 3.30. The number of nitrogens with zero attached hydrogens (tertiary/aromatic N) is 1. The number of carboxylic acids is 1. The molecule has 0 radical (unpaired) electrons. The molecule has 1 atom stereocenters. The number of hydrogen-bond acceptors (Lipinski definition) is 4. The van der Waals surface area contributed by atoms with Gasteiger partial charge in [0.15, 0.2) is 0 Å². The van der Waals surface area contributed by atoms with E-state index in [2.05, 4.69) is 20.6 Å². The molecule has 1 fully saturated rings. The van der Waals surface area contributed by atoms with Crippen molar-refractivity contribution < 1.29 is 14.7 Å². The van der Waals surface area contributed by atoms with Crippen LogP contribution >= 0.6 is 0 Å². The van der Waals surface area contributed by atoms with Crippen molar-refractivity contribution in [3.63, 3.8) is 0 Å². The van der Waals surface area contributed by atoms with Crippen molar-refractivity contribution in [3.8, 4) is 0 Å². The lowest BCUT2D eigenvalue weighted by Crippen LogP contribution is -2.47. The van der Waals surface area contributed by atoms with E-state index in [9.17, 15) is 9.59 Å². The SMILES string of the molecule is O=C(CC1CNC1)NC(Cc1cnc[nH]1)C(=O)O. The molecule has 0 bridgehead atoms. The minimum atomic E-state index is -1.04. The lowest BCUT2D eigenvalue weighted by molar-refractivity contribution is -0.142. The van der Waals surface area contributed by atoms with Gasteiger partial charge in [0.05, 0.1) is 6.33 Å². The summed E-state index contributed by atoms with van der Waals surface area (Å²) in [5.41, 5.74) is 0.688. The Morgan fingerprint density at radius 2 is 2.33 bits per heavy atom. The maximum atomic E-state index is 11.7. The Morgan fingerprint density at radius 3 is 2.83 bits per heavy atom. The maximum Gasteiger partial charge on any atom is 0.326 e. The molecule has 0 spiro atoms. The summed E-state index contributed by atoms with van der Waals surface area (Å²) in [5, 5.41) is 14.7. The van der Waals surface area contributed by atoms with Crippen LogP contribution in [0.1, 0.15) is 12.1 Å². The molecule has 0 aromatic carbocycles. The Labute approximate surface area is 104 Å². The third-order valence-electron chi connectivity index (χ3n) is 2.95. The zero-order valence-electron chi connectivity index (χ0n) is 9.85.